The Morgan fingerprint density at radius 1 is 1.00 bits per heavy atom. The van der Waals surface area contributed by atoms with Crippen LogP contribution in [0.5, 0.6) is 0 Å². The van der Waals surface area contributed by atoms with Crippen molar-refractivity contribution in [1.29, 1.82) is 0 Å². The molecule has 0 bridgehead atoms. The van der Waals surface area contributed by atoms with Crippen molar-refractivity contribution < 1.29 is 0 Å². The second-order valence-electron chi connectivity index (χ2n) is 5.43. The predicted octanol–water partition coefficient (Wildman–Crippen LogP) is 3.77. The van der Waals surface area contributed by atoms with E-state index in [2.05, 4.69) is 55.2 Å². The van der Waals surface area contributed by atoms with Gasteiger partial charge in [0, 0.05) is 11.6 Å². The van der Waals surface area contributed by atoms with Crippen molar-refractivity contribution in [2.75, 3.05) is 0 Å². The van der Waals surface area contributed by atoms with E-state index in [1.165, 1.54) is 5.56 Å². The van der Waals surface area contributed by atoms with E-state index in [9.17, 15) is 0 Å². The first-order valence-electron chi connectivity index (χ1n) is 6.79. The van der Waals surface area contributed by atoms with E-state index in [1.54, 1.807) is 0 Å². The van der Waals surface area contributed by atoms with Gasteiger partial charge < -0.3 is 5.73 Å². The normalized spacial score (nSPS) is 14.2. The Hall–Kier alpha value is -2.19. The van der Waals surface area contributed by atoms with E-state index in [0.29, 0.717) is 0 Å². The zero-order valence-electron chi connectivity index (χ0n) is 11.8. The Balaban J connectivity index is 2.16. The number of aryl methyl sites for hydroxylation is 1. The molecule has 2 aromatic carbocycles. The van der Waals surface area contributed by atoms with Crippen molar-refractivity contribution in [2.24, 2.45) is 5.73 Å². The van der Waals surface area contributed by atoms with Crippen LogP contribution in [-0.2, 0) is 5.54 Å². The van der Waals surface area contributed by atoms with Crippen molar-refractivity contribution in [2.45, 2.75) is 19.4 Å². The summed E-state index contributed by atoms with van der Waals surface area (Å²) < 4.78 is 0. The summed E-state index contributed by atoms with van der Waals surface area (Å²) in [4.78, 5) is 4.42. The van der Waals surface area contributed by atoms with Gasteiger partial charge in [-0.15, -0.1) is 0 Å². The van der Waals surface area contributed by atoms with E-state index in [4.69, 9.17) is 5.73 Å². The highest BCUT2D eigenvalue weighted by Crippen LogP contribution is 2.30. The Labute approximate surface area is 119 Å². The van der Waals surface area contributed by atoms with Crippen molar-refractivity contribution in [3.63, 3.8) is 0 Å². The van der Waals surface area contributed by atoms with Gasteiger partial charge in [0.05, 0.1) is 11.1 Å². The summed E-state index contributed by atoms with van der Waals surface area (Å²) in [6.45, 7) is 4.15. The van der Waals surface area contributed by atoms with Crippen LogP contribution in [0.1, 0.15) is 23.6 Å². The van der Waals surface area contributed by atoms with E-state index in [0.717, 1.165) is 22.0 Å². The molecule has 0 aliphatic carbocycles. The van der Waals surface area contributed by atoms with Crippen molar-refractivity contribution >= 4 is 10.9 Å². The molecule has 0 amide bonds. The molecule has 1 aromatic heterocycles. The van der Waals surface area contributed by atoms with Gasteiger partial charge in [-0.25, -0.2) is 0 Å². The number of fused-ring (bicyclic) bond motifs is 1. The minimum Gasteiger partial charge on any atom is -0.318 e. The molecular weight excluding hydrogens is 244 g/mol. The van der Waals surface area contributed by atoms with Gasteiger partial charge in [-0.1, -0.05) is 42.5 Å². The lowest BCUT2D eigenvalue weighted by atomic mass is 9.83. The Morgan fingerprint density at radius 3 is 2.60 bits per heavy atom. The molecule has 0 saturated heterocycles. The van der Waals surface area contributed by atoms with Gasteiger partial charge in [-0.2, -0.15) is 0 Å². The third-order valence-electron chi connectivity index (χ3n) is 3.91. The van der Waals surface area contributed by atoms with Crippen molar-refractivity contribution in [3.8, 4) is 0 Å². The van der Waals surface area contributed by atoms with E-state index < -0.39 is 5.54 Å². The molecule has 2 nitrogen and oxygen atoms in total. The number of nitrogens with zero attached hydrogens (tertiary/aromatic N) is 1. The van der Waals surface area contributed by atoms with Gasteiger partial charge >= 0.3 is 0 Å². The number of aromatic nitrogens is 1. The maximum atomic E-state index is 6.62. The highest BCUT2D eigenvalue weighted by Gasteiger charge is 2.25. The average molecular weight is 262 g/mol. The van der Waals surface area contributed by atoms with Gasteiger partial charge in [-0.3, -0.25) is 4.98 Å². The number of hydrogen-bond acceptors (Lipinski definition) is 2. The van der Waals surface area contributed by atoms with E-state index in [-0.39, 0.29) is 0 Å². The Morgan fingerprint density at radius 2 is 1.80 bits per heavy atom. The van der Waals surface area contributed by atoms with Crippen LogP contribution in [0.25, 0.3) is 10.9 Å². The summed E-state index contributed by atoms with van der Waals surface area (Å²) in [6.07, 6.45) is 1.81. The Bertz CT molecular complexity index is 760. The summed E-state index contributed by atoms with van der Waals surface area (Å²) >= 11 is 0. The van der Waals surface area contributed by atoms with Crippen molar-refractivity contribution in [1.82, 2.24) is 4.98 Å². The summed E-state index contributed by atoms with van der Waals surface area (Å²) in [5.41, 5.74) is 10.5. The number of nitrogens with two attached hydrogens (primary N) is 1. The highest BCUT2D eigenvalue weighted by molar-refractivity contribution is 5.79. The molecule has 0 aliphatic rings. The predicted molar refractivity (Wildman–Crippen MR) is 83.6 cm³/mol. The van der Waals surface area contributed by atoms with Crippen LogP contribution in [0.4, 0.5) is 0 Å². The molecule has 2 N–H and O–H groups in total. The molecule has 0 aliphatic heterocycles. The maximum Gasteiger partial charge on any atom is 0.0705 e. The second kappa shape index (κ2) is 4.73. The molecule has 20 heavy (non-hydrogen) atoms. The topological polar surface area (TPSA) is 38.9 Å². The summed E-state index contributed by atoms with van der Waals surface area (Å²) in [5, 5.41) is 1.14. The minimum absolute atomic E-state index is 0.517. The lowest BCUT2D eigenvalue weighted by Gasteiger charge is -2.28. The van der Waals surface area contributed by atoms with Gasteiger partial charge in [-0.05, 0) is 42.7 Å². The number of pyridine rings is 1. The van der Waals surface area contributed by atoms with Crippen LogP contribution in [0, 0.1) is 6.92 Å². The summed E-state index contributed by atoms with van der Waals surface area (Å²) in [6, 6.07) is 18.5. The van der Waals surface area contributed by atoms with Crippen LogP contribution >= 0.6 is 0 Å². The zero-order valence-corrected chi connectivity index (χ0v) is 11.8. The summed E-state index contributed by atoms with van der Waals surface area (Å²) in [7, 11) is 0. The number of hydrogen-bond donors (Lipinski definition) is 1. The largest absolute Gasteiger partial charge is 0.318 e. The van der Waals surface area contributed by atoms with Crippen molar-refractivity contribution in [3.05, 3.63) is 77.5 Å². The Kier molecular flexibility index (Phi) is 3.03. The molecule has 1 unspecified atom stereocenters. The third-order valence-corrected chi connectivity index (χ3v) is 3.91. The lowest BCUT2D eigenvalue weighted by Crippen LogP contribution is -2.35. The molecule has 0 fully saturated rings. The van der Waals surface area contributed by atoms with Crippen LogP contribution in [0.15, 0.2) is 60.8 Å². The zero-order chi connectivity index (χ0) is 14.2. The summed E-state index contributed by atoms with van der Waals surface area (Å²) in [5.74, 6) is 0. The SMILES string of the molecule is Cc1ccccc1C(C)(N)c1ccc2cccnc2c1. The molecule has 0 spiro atoms. The second-order valence-corrected chi connectivity index (χ2v) is 5.43. The van der Waals surface area contributed by atoms with Gasteiger partial charge in [0.2, 0.25) is 0 Å². The third kappa shape index (κ3) is 2.08. The van der Waals surface area contributed by atoms with Gasteiger partial charge in [0.25, 0.3) is 0 Å². The first-order valence-corrected chi connectivity index (χ1v) is 6.79. The molecule has 1 heterocycles. The fourth-order valence-electron chi connectivity index (χ4n) is 2.70. The highest BCUT2D eigenvalue weighted by atomic mass is 14.7. The first kappa shape index (κ1) is 12.8. The average Bonchev–Trinajstić information content (AvgIpc) is 2.47. The standard InChI is InChI=1S/C18H18N2/c1-13-6-3-4-8-16(13)18(2,19)15-10-9-14-7-5-11-20-17(14)12-15/h3-12H,19H2,1-2H3. The minimum atomic E-state index is -0.517. The quantitative estimate of drug-likeness (QED) is 0.763. The lowest BCUT2D eigenvalue weighted by molar-refractivity contribution is 0.599. The van der Waals surface area contributed by atoms with Crippen LogP contribution < -0.4 is 5.73 Å². The molecule has 3 rings (SSSR count). The van der Waals surface area contributed by atoms with Crippen LogP contribution in [0.3, 0.4) is 0 Å². The van der Waals surface area contributed by atoms with E-state index in [1.807, 2.05) is 24.4 Å². The number of benzene rings is 2. The first-order chi connectivity index (χ1) is 9.59. The fourth-order valence-corrected chi connectivity index (χ4v) is 2.70. The van der Waals surface area contributed by atoms with Crippen LogP contribution in [-0.4, -0.2) is 4.98 Å². The van der Waals surface area contributed by atoms with E-state index >= 15 is 0 Å². The molecule has 2 heteroatoms. The molecule has 0 saturated carbocycles. The molecule has 100 valence electrons. The van der Waals surface area contributed by atoms with Crippen LogP contribution in [0.2, 0.25) is 0 Å². The van der Waals surface area contributed by atoms with Gasteiger partial charge in [0.15, 0.2) is 0 Å². The molecule has 1 atom stereocenters. The monoisotopic (exact) mass is 262 g/mol. The number of rotatable bonds is 2. The molecule has 3 aromatic rings. The smallest absolute Gasteiger partial charge is 0.0705 e. The van der Waals surface area contributed by atoms with Gasteiger partial charge in [0.1, 0.15) is 0 Å². The fraction of sp³-hybridized carbons (Fsp3) is 0.167. The maximum absolute atomic E-state index is 6.62. The molecule has 0 radical (unpaired) electrons. The molecular formula is C18H18N2.